The zero-order chi connectivity index (χ0) is 12.3. The van der Waals surface area contributed by atoms with E-state index in [0.717, 1.165) is 0 Å². The fourth-order valence-electron chi connectivity index (χ4n) is 1.73. The van der Waals surface area contributed by atoms with Crippen LogP contribution in [0.2, 0.25) is 0 Å². The standard InChI is InChI=1S/C11H14O5/c1-4-6-11(9(13)15-5-2)8(12)7(3)16-10(11)14/h1,7-8,12H,5-6H2,2-3H3. The molecule has 1 saturated heterocycles. The predicted molar refractivity (Wildman–Crippen MR) is 54.1 cm³/mol. The Hall–Kier alpha value is -1.54. The maximum absolute atomic E-state index is 11.7. The second-order valence-corrected chi connectivity index (χ2v) is 3.63. The van der Waals surface area contributed by atoms with Crippen LogP contribution < -0.4 is 0 Å². The molecule has 0 bridgehead atoms. The number of hydrogen-bond donors (Lipinski definition) is 1. The van der Waals surface area contributed by atoms with Crippen molar-refractivity contribution in [2.75, 3.05) is 6.61 Å². The van der Waals surface area contributed by atoms with Gasteiger partial charge < -0.3 is 14.6 Å². The SMILES string of the molecule is C#CCC1(C(=O)OCC)C(=O)OC(C)C1O. The van der Waals surface area contributed by atoms with Gasteiger partial charge in [0.05, 0.1) is 6.61 Å². The molecule has 5 heteroatoms. The summed E-state index contributed by atoms with van der Waals surface area (Å²) in [5, 5.41) is 9.86. The minimum atomic E-state index is -1.76. The number of aliphatic hydroxyl groups excluding tert-OH is 1. The highest BCUT2D eigenvalue weighted by molar-refractivity contribution is 6.02. The number of carbonyl (C=O) groups excluding carboxylic acids is 2. The number of aliphatic hydroxyl groups is 1. The quantitative estimate of drug-likeness (QED) is 0.412. The molecule has 0 spiro atoms. The summed E-state index contributed by atoms with van der Waals surface area (Å²) in [5.41, 5.74) is -1.76. The number of esters is 2. The van der Waals surface area contributed by atoms with Crippen LogP contribution in [0.15, 0.2) is 0 Å². The number of hydrogen-bond acceptors (Lipinski definition) is 5. The van der Waals surface area contributed by atoms with Crippen molar-refractivity contribution in [1.29, 1.82) is 0 Å². The van der Waals surface area contributed by atoms with Gasteiger partial charge in [0.15, 0.2) is 0 Å². The van der Waals surface area contributed by atoms with Crippen LogP contribution in [0, 0.1) is 17.8 Å². The molecule has 1 heterocycles. The van der Waals surface area contributed by atoms with Gasteiger partial charge in [-0.25, -0.2) is 0 Å². The molecule has 1 N–H and O–H groups in total. The molecule has 0 saturated carbocycles. The number of cyclic esters (lactones) is 1. The molecular formula is C11H14O5. The zero-order valence-electron chi connectivity index (χ0n) is 9.23. The van der Waals surface area contributed by atoms with Gasteiger partial charge >= 0.3 is 11.9 Å². The smallest absolute Gasteiger partial charge is 0.327 e. The van der Waals surface area contributed by atoms with Gasteiger partial charge in [-0.05, 0) is 13.8 Å². The third-order valence-electron chi connectivity index (χ3n) is 2.63. The molecule has 0 radical (unpaired) electrons. The lowest BCUT2D eigenvalue weighted by Gasteiger charge is -2.23. The van der Waals surface area contributed by atoms with E-state index < -0.39 is 29.6 Å². The van der Waals surface area contributed by atoms with E-state index in [0.29, 0.717) is 0 Å². The molecule has 0 aromatic rings. The van der Waals surface area contributed by atoms with E-state index in [2.05, 4.69) is 5.92 Å². The van der Waals surface area contributed by atoms with Crippen molar-refractivity contribution in [3.8, 4) is 12.3 Å². The molecule has 0 aromatic heterocycles. The van der Waals surface area contributed by atoms with Crippen LogP contribution in [0.5, 0.6) is 0 Å². The van der Waals surface area contributed by atoms with Gasteiger partial charge in [-0.2, -0.15) is 0 Å². The maximum Gasteiger partial charge on any atom is 0.327 e. The third kappa shape index (κ3) is 1.65. The van der Waals surface area contributed by atoms with Crippen molar-refractivity contribution in [3.63, 3.8) is 0 Å². The van der Waals surface area contributed by atoms with Crippen LogP contribution in [0.4, 0.5) is 0 Å². The summed E-state index contributed by atoms with van der Waals surface area (Å²) in [6.07, 6.45) is 2.87. The first-order valence-electron chi connectivity index (χ1n) is 5.00. The molecule has 3 atom stereocenters. The van der Waals surface area contributed by atoms with Crippen LogP contribution in [-0.2, 0) is 19.1 Å². The Morgan fingerprint density at radius 2 is 2.38 bits per heavy atom. The first-order chi connectivity index (χ1) is 7.50. The highest BCUT2D eigenvalue weighted by Gasteiger charge is 2.61. The number of ether oxygens (including phenoxy) is 2. The molecule has 3 unspecified atom stereocenters. The van der Waals surface area contributed by atoms with Gasteiger partial charge in [-0.3, -0.25) is 9.59 Å². The fraction of sp³-hybridized carbons (Fsp3) is 0.636. The monoisotopic (exact) mass is 226 g/mol. The van der Waals surface area contributed by atoms with Gasteiger partial charge in [0.2, 0.25) is 5.41 Å². The topological polar surface area (TPSA) is 72.8 Å². The second-order valence-electron chi connectivity index (χ2n) is 3.63. The summed E-state index contributed by atoms with van der Waals surface area (Å²) in [6.45, 7) is 3.22. The average molecular weight is 226 g/mol. The normalized spacial score (nSPS) is 33.0. The van der Waals surface area contributed by atoms with Crippen molar-refractivity contribution >= 4 is 11.9 Å². The highest BCUT2D eigenvalue weighted by atomic mass is 16.6. The van der Waals surface area contributed by atoms with Crippen LogP contribution in [-0.4, -0.2) is 35.9 Å². The minimum Gasteiger partial charge on any atom is -0.465 e. The van der Waals surface area contributed by atoms with Crippen molar-refractivity contribution < 1.29 is 24.2 Å². The Balaban J connectivity index is 3.10. The summed E-state index contributed by atoms with van der Waals surface area (Å²) in [6, 6.07) is 0. The van der Waals surface area contributed by atoms with Gasteiger partial charge in [0.1, 0.15) is 12.2 Å². The molecular weight excluding hydrogens is 212 g/mol. The van der Waals surface area contributed by atoms with Crippen molar-refractivity contribution in [2.24, 2.45) is 5.41 Å². The Kier molecular flexibility index (Phi) is 3.55. The second kappa shape index (κ2) is 4.54. The highest BCUT2D eigenvalue weighted by Crippen LogP contribution is 2.38. The molecule has 88 valence electrons. The lowest BCUT2D eigenvalue weighted by molar-refractivity contribution is -0.167. The van der Waals surface area contributed by atoms with Crippen LogP contribution in [0.3, 0.4) is 0 Å². The molecule has 1 aliphatic heterocycles. The van der Waals surface area contributed by atoms with E-state index in [9.17, 15) is 14.7 Å². The van der Waals surface area contributed by atoms with Crippen LogP contribution in [0.1, 0.15) is 20.3 Å². The molecule has 1 rings (SSSR count). The first kappa shape index (κ1) is 12.5. The van der Waals surface area contributed by atoms with E-state index in [-0.39, 0.29) is 13.0 Å². The Labute approximate surface area is 93.7 Å². The predicted octanol–water partition coefficient (Wildman–Crippen LogP) is -0.135. The number of rotatable bonds is 3. The molecule has 16 heavy (non-hydrogen) atoms. The summed E-state index contributed by atoms with van der Waals surface area (Å²) in [5.74, 6) is 0.569. The largest absolute Gasteiger partial charge is 0.465 e. The van der Waals surface area contributed by atoms with Gasteiger partial charge in [0, 0.05) is 6.42 Å². The number of carbonyl (C=O) groups is 2. The maximum atomic E-state index is 11.7. The first-order valence-corrected chi connectivity index (χ1v) is 5.00. The van der Waals surface area contributed by atoms with E-state index in [1.165, 1.54) is 6.92 Å². The summed E-state index contributed by atoms with van der Waals surface area (Å²) < 4.78 is 9.60. The van der Waals surface area contributed by atoms with Crippen LogP contribution in [0.25, 0.3) is 0 Å². The van der Waals surface area contributed by atoms with Gasteiger partial charge in [-0.15, -0.1) is 12.3 Å². The Morgan fingerprint density at radius 1 is 1.75 bits per heavy atom. The molecule has 0 amide bonds. The van der Waals surface area contributed by atoms with Crippen molar-refractivity contribution in [3.05, 3.63) is 0 Å². The van der Waals surface area contributed by atoms with Crippen LogP contribution >= 0.6 is 0 Å². The minimum absolute atomic E-state index is 0.111. The molecule has 1 aliphatic rings. The Morgan fingerprint density at radius 3 is 2.75 bits per heavy atom. The molecule has 5 nitrogen and oxygen atoms in total. The van der Waals surface area contributed by atoms with E-state index in [4.69, 9.17) is 15.9 Å². The lowest BCUT2D eigenvalue weighted by Crippen LogP contribution is -2.46. The average Bonchev–Trinajstić information content (AvgIpc) is 2.44. The van der Waals surface area contributed by atoms with Crippen molar-refractivity contribution in [1.82, 2.24) is 0 Å². The third-order valence-corrected chi connectivity index (χ3v) is 2.63. The fourth-order valence-corrected chi connectivity index (χ4v) is 1.73. The molecule has 0 aliphatic carbocycles. The zero-order valence-corrected chi connectivity index (χ0v) is 9.23. The lowest BCUT2D eigenvalue weighted by atomic mass is 9.79. The van der Waals surface area contributed by atoms with Crippen molar-refractivity contribution in [2.45, 2.75) is 32.5 Å². The molecule has 1 fully saturated rings. The summed E-state index contributed by atoms with van der Waals surface area (Å²) in [4.78, 5) is 23.4. The summed E-state index contributed by atoms with van der Waals surface area (Å²) >= 11 is 0. The van der Waals surface area contributed by atoms with Gasteiger partial charge in [-0.1, -0.05) is 0 Å². The van der Waals surface area contributed by atoms with Gasteiger partial charge in [0.25, 0.3) is 0 Å². The number of terminal acetylenes is 1. The molecule has 0 aromatic carbocycles. The van der Waals surface area contributed by atoms with E-state index >= 15 is 0 Å². The van der Waals surface area contributed by atoms with E-state index in [1.807, 2.05) is 0 Å². The Bertz CT molecular complexity index is 343. The summed E-state index contributed by atoms with van der Waals surface area (Å²) in [7, 11) is 0. The van der Waals surface area contributed by atoms with E-state index in [1.54, 1.807) is 6.92 Å².